The SMILES string of the molecule is CCc1nc2sc(C(c3ccccc3C)N3CCN(C)CC3)c(O)n2n1. The second-order valence-corrected chi connectivity index (χ2v) is 7.97. The van der Waals surface area contributed by atoms with Gasteiger partial charge in [0.05, 0.1) is 10.9 Å². The van der Waals surface area contributed by atoms with Crippen molar-refractivity contribution in [2.45, 2.75) is 26.3 Å². The number of likely N-dealkylation sites (N-methyl/N-ethyl adjacent to an activating group) is 1. The molecule has 3 aromatic rings. The van der Waals surface area contributed by atoms with Gasteiger partial charge in [-0.2, -0.15) is 4.52 Å². The van der Waals surface area contributed by atoms with Gasteiger partial charge in [-0.05, 0) is 25.1 Å². The average molecular weight is 372 g/mol. The van der Waals surface area contributed by atoms with Crippen LogP contribution in [0.25, 0.3) is 4.96 Å². The monoisotopic (exact) mass is 371 g/mol. The first-order valence-electron chi connectivity index (χ1n) is 9.14. The quantitative estimate of drug-likeness (QED) is 0.764. The van der Waals surface area contributed by atoms with Gasteiger partial charge in [0, 0.05) is 32.6 Å². The fourth-order valence-electron chi connectivity index (χ4n) is 3.60. The van der Waals surface area contributed by atoms with Gasteiger partial charge in [0.2, 0.25) is 10.8 Å². The van der Waals surface area contributed by atoms with E-state index in [2.05, 4.69) is 58.1 Å². The third kappa shape index (κ3) is 3.00. The first-order valence-corrected chi connectivity index (χ1v) is 9.95. The lowest BCUT2D eigenvalue weighted by atomic mass is 9.98. The molecule has 26 heavy (non-hydrogen) atoms. The molecule has 1 aromatic carbocycles. The van der Waals surface area contributed by atoms with Gasteiger partial charge in [0.25, 0.3) is 0 Å². The molecule has 1 aliphatic rings. The van der Waals surface area contributed by atoms with Crippen LogP contribution < -0.4 is 0 Å². The number of hydrogen-bond acceptors (Lipinski definition) is 6. The summed E-state index contributed by atoms with van der Waals surface area (Å²) >= 11 is 1.55. The van der Waals surface area contributed by atoms with E-state index in [1.807, 2.05) is 6.92 Å². The fourth-order valence-corrected chi connectivity index (χ4v) is 4.72. The fraction of sp³-hybridized carbons (Fsp3) is 0.474. The Morgan fingerprint density at radius 1 is 1.19 bits per heavy atom. The maximum absolute atomic E-state index is 10.9. The Hall–Kier alpha value is -1.96. The Balaban J connectivity index is 1.81. The number of piperazine rings is 1. The zero-order valence-corrected chi connectivity index (χ0v) is 16.3. The van der Waals surface area contributed by atoms with Crippen LogP contribution in [0.4, 0.5) is 0 Å². The second kappa shape index (κ2) is 6.98. The summed E-state index contributed by atoms with van der Waals surface area (Å²) in [5.74, 6) is 0.995. The van der Waals surface area contributed by atoms with Crippen LogP contribution in [-0.4, -0.2) is 62.7 Å². The minimum absolute atomic E-state index is 0.0310. The van der Waals surface area contributed by atoms with Crippen LogP contribution in [0.1, 0.15) is 34.8 Å². The molecule has 1 unspecified atom stereocenters. The van der Waals surface area contributed by atoms with E-state index in [0.29, 0.717) is 0 Å². The van der Waals surface area contributed by atoms with E-state index in [1.165, 1.54) is 11.1 Å². The van der Waals surface area contributed by atoms with Crippen molar-refractivity contribution >= 4 is 16.3 Å². The maximum Gasteiger partial charge on any atom is 0.230 e. The van der Waals surface area contributed by atoms with Crippen molar-refractivity contribution < 1.29 is 5.11 Å². The lowest BCUT2D eigenvalue weighted by molar-refractivity contribution is 0.127. The van der Waals surface area contributed by atoms with Crippen molar-refractivity contribution in [3.8, 4) is 5.88 Å². The molecular weight excluding hydrogens is 346 g/mol. The van der Waals surface area contributed by atoms with Crippen LogP contribution in [-0.2, 0) is 6.42 Å². The number of aryl methyl sites for hydroxylation is 2. The van der Waals surface area contributed by atoms with E-state index < -0.39 is 0 Å². The topological polar surface area (TPSA) is 56.9 Å². The third-order valence-corrected chi connectivity index (χ3v) is 6.27. The molecule has 1 N–H and O–H groups in total. The van der Waals surface area contributed by atoms with Crippen LogP contribution in [0.5, 0.6) is 5.88 Å². The molecule has 0 aliphatic carbocycles. The standard InChI is InChI=1S/C19H25N5OS/c1-4-15-20-19-24(21-15)18(25)17(26-19)16(14-8-6-5-7-13(14)2)23-11-9-22(3)10-12-23/h5-8,16,25H,4,9-12H2,1-3H3. The molecule has 2 aromatic heterocycles. The Kier molecular flexibility index (Phi) is 4.69. The highest BCUT2D eigenvalue weighted by atomic mass is 32.1. The average Bonchev–Trinajstić information content (AvgIpc) is 3.18. The molecule has 0 saturated carbocycles. The Bertz CT molecular complexity index is 910. The predicted octanol–water partition coefficient (Wildman–Crippen LogP) is 2.70. The summed E-state index contributed by atoms with van der Waals surface area (Å²) in [6.45, 7) is 8.18. The number of fused-ring (bicyclic) bond motifs is 1. The van der Waals surface area contributed by atoms with Gasteiger partial charge in [-0.25, -0.2) is 4.98 Å². The van der Waals surface area contributed by atoms with Crippen LogP contribution >= 0.6 is 11.3 Å². The van der Waals surface area contributed by atoms with Crippen molar-refractivity contribution in [3.05, 3.63) is 46.1 Å². The van der Waals surface area contributed by atoms with Crippen LogP contribution in [0.2, 0.25) is 0 Å². The Morgan fingerprint density at radius 3 is 2.58 bits per heavy atom. The second-order valence-electron chi connectivity index (χ2n) is 6.96. The summed E-state index contributed by atoms with van der Waals surface area (Å²) in [7, 11) is 2.16. The zero-order chi connectivity index (χ0) is 18.3. The van der Waals surface area contributed by atoms with Crippen molar-refractivity contribution in [1.29, 1.82) is 0 Å². The molecule has 0 spiro atoms. The molecule has 1 atom stereocenters. The normalized spacial score (nSPS) is 17.8. The summed E-state index contributed by atoms with van der Waals surface area (Å²) in [5.41, 5.74) is 2.48. The van der Waals surface area contributed by atoms with Crippen molar-refractivity contribution in [1.82, 2.24) is 24.4 Å². The van der Waals surface area contributed by atoms with Crippen molar-refractivity contribution in [2.24, 2.45) is 0 Å². The number of hydrogen-bond donors (Lipinski definition) is 1. The van der Waals surface area contributed by atoms with Crippen LogP contribution in [0.3, 0.4) is 0 Å². The molecule has 0 bridgehead atoms. The minimum Gasteiger partial charge on any atom is -0.492 e. The van der Waals surface area contributed by atoms with Crippen LogP contribution in [0, 0.1) is 6.92 Å². The van der Waals surface area contributed by atoms with Gasteiger partial charge in [-0.15, -0.1) is 5.10 Å². The molecule has 0 amide bonds. The van der Waals surface area contributed by atoms with Gasteiger partial charge in [-0.3, -0.25) is 4.90 Å². The maximum atomic E-state index is 10.9. The summed E-state index contributed by atoms with van der Waals surface area (Å²) < 4.78 is 1.60. The lowest BCUT2D eigenvalue weighted by Gasteiger charge is -2.38. The highest BCUT2D eigenvalue weighted by Gasteiger charge is 2.31. The van der Waals surface area contributed by atoms with Gasteiger partial charge >= 0.3 is 0 Å². The highest BCUT2D eigenvalue weighted by Crippen LogP contribution is 2.41. The van der Waals surface area contributed by atoms with E-state index in [0.717, 1.165) is 48.3 Å². The Labute approximate surface area is 157 Å². The summed E-state index contributed by atoms with van der Waals surface area (Å²) in [5, 5.41) is 15.4. The van der Waals surface area contributed by atoms with Gasteiger partial charge in [0.1, 0.15) is 0 Å². The molecular formula is C19H25N5OS. The molecule has 1 fully saturated rings. The molecule has 6 nitrogen and oxygen atoms in total. The summed E-state index contributed by atoms with van der Waals surface area (Å²) in [6.07, 6.45) is 0.767. The molecule has 1 saturated heterocycles. The largest absolute Gasteiger partial charge is 0.492 e. The van der Waals surface area contributed by atoms with Crippen molar-refractivity contribution in [3.63, 3.8) is 0 Å². The number of aromatic hydroxyl groups is 1. The number of aromatic nitrogens is 3. The molecule has 7 heteroatoms. The summed E-state index contributed by atoms with van der Waals surface area (Å²) in [6, 6.07) is 8.49. The number of benzene rings is 1. The summed E-state index contributed by atoms with van der Waals surface area (Å²) in [4.78, 5) is 11.1. The molecule has 1 aliphatic heterocycles. The van der Waals surface area contributed by atoms with E-state index in [-0.39, 0.29) is 11.9 Å². The van der Waals surface area contributed by atoms with E-state index in [4.69, 9.17) is 0 Å². The Morgan fingerprint density at radius 2 is 1.92 bits per heavy atom. The third-order valence-electron chi connectivity index (χ3n) is 5.19. The minimum atomic E-state index is 0.0310. The first kappa shape index (κ1) is 17.5. The molecule has 0 radical (unpaired) electrons. The molecule has 3 heterocycles. The number of thiazole rings is 1. The predicted molar refractivity (Wildman–Crippen MR) is 104 cm³/mol. The lowest BCUT2D eigenvalue weighted by Crippen LogP contribution is -2.46. The number of nitrogens with zero attached hydrogens (tertiary/aromatic N) is 5. The van der Waals surface area contributed by atoms with Crippen LogP contribution in [0.15, 0.2) is 24.3 Å². The van der Waals surface area contributed by atoms with Gasteiger partial charge in [0.15, 0.2) is 5.82 Å². The van der Waals surface area contributed by atoms with E-state index >= 15 is 0 Å². The van der Waals surface area contributed by atoms with Crippen molar-refractivity contribution in [2.75, 3.05) is 33.2 Å². The smallest absolute Gasteiger partial charge is 0.230 e. The van der Waals surface area contributed by atoms with Gasteiger partial charge in [-0.1, -0.05) is 42.5 Å². The zero-order valence-electron chi connectivity index (χ0n) is 15.5. The molecule has 4 rings (SSSR count). The highest BCUT2D eigenvalue weighted by molar-refractivity contribution is 7.17. The first-order chi connectivity index (χ1) is 12.6. The molecule has 138 valence electrons. The number of rotatable bonds is 4. The van der Waals surface area contributed by atoms with Gasteiger partial charge < -0.3 is 10.0 Å². The van der Waals surface area contributed by atoms with E-state index in [1.54, 1.807) is 15.9 Å². The van der Waals surface area contributed by atoms with E-state index in [9.17, 15) is 5.11 Å².